The number of rotatable bonds is 4. The number of amides is 2. The summed E-state index contributed by atoms with van der Waals surface area (Å²) in [5.41, 5.74) is 7.78. The number of nitrogen functional groups attached to an aromatic ring is 1. The van der Waals surface area contributed by atoms with Crippen molar-refractivity contribution in [2.45, 2.75) is 31.7 Å². The van der Waals surface area contributed by atoms with E-state index in [0.29, 0.717) is 23.5 Å². The molecule has 0 bridgehead atoms. The van der Waals surface area contributed by atoms with Crippen molar-refractivity contribution in [2.24, 2.45) is 0 Å². The maximum absolute atomic E-state index is 13.4. The lowest BCUT2D eigenvalue weighted by Crippen LogP contribution is -2.39. The van der Waals surface area contributed by atoms with Crippen molar-refractivity contribution >= 4 is 29.1 Å². The van der Waals surface area contributed by atoms with Gasteiger partial charge in [-0.15, -0.1) is 0 Å². The van der Waals surface area contributed by atoms with Gasteiger partial charge in [0.2, 0.25) is 0 Å². The molecule has 172 valence electrons. The summed E-state index contributed by atoms with van der Waals surface area (Å²) in [5, 5.41) is 2.68. The van der Waals surface area contributed by atoms with Gasteiger partial charge in [-0.1, -0.05) is 37.3 Å². The molecule has 11 heteroatoms. The number of esters is 1. The lowest BCUT2D eigenvalue weighted by atomic mass is 10.1. The van der Waals surface area contributed by atoms with Crippen LogP contribution in [0.3, 0.4) is 0 Å². The first-order valence-electron chi connectivity index (χ1n) is 10.1. The first-order chi connectivity index (χ1) is 15.7. The zero-order chi connectivity index (χ0) is 23.8. The Morgan fingerprint density at radius 1 is 1.18 bits per heavy atom. The van der Waals surface area contributed by atoms with Crippen LogP contribution in [-0.4, -0.2) is 28.1 Å². The Morgan fingerprint density at radius 3 is 2.55 bits per heavy atom. The van der Waals surface area contributed by atoms with Gasteiger partial charge in [-0.2, -0.15) is 13.2 Å². The molecule has 2 aromatic carbocycles. The van der Waals surface area contributed by atoms with Gasteiger partial charge in [0, 0.05) is 17.5 Å². The summed E-state index contributed by atoms with van der Waals surface area (Å²) in [6.45, 7) is 1.87. The summed E-state index contributed by atoms with van der Waals surface area (Å²) in [7, 11) is 0. The second-order valence-electron chi connectivity index (χ2n) is 7.36. The number of hydrogen-bond acceptors (Lipinski definition) is 5. The van der Waals surface area contributed by atoms with Crippen molar-refractivity contribution < 1.29 is 27.5 Å². The molecular weight excluding hydrogens is 439 g/mol. The number of alkyl halides is 3. The largest absolute Gasteiger partial charge is 0.490 e. The van der Waals surface area contributed by atoms with Gasteiger partial charge in [-0.3, -0.25) is 4.90 Å². The summed E-state index contributed by atoms with van der Waals surface area (Å²) in [6, 6.07) is 11.0. The SMILES string of the molecule is CCc1cnc(C2C(OC(=O)C(F)(F)F)c3ccccc3N2C(=O)Nc2ccccc2N)[nH]1. The number of aromatic amines is 1. The normalized spacial score (nSPS) is 17.5. The Kier molecular flexibility index (Phi) is 5.71. The van der Waals surface area contributed by atoms with Crippen LogP contribution in [0.2, 0.25) is 0 Å². The summed E-state index contributed by atoms with van der Waals surface area (Å²) in [4.78, 5) is 33.6. The fourth-order valence-corrected chi connectivity index (χ4v) is 3.71. The number of H-pyrrole nitrogens is 1. The number of nitrogens with one attached hydrogen (secondary N) is 2. The van der Waals surface area contributed by atoms with E-state index in [2.05, 4.69) is 15.3 Å². The number of anilines is 3. The van der Waals surface area contributed by atoms with E-state index >= 15 is 0 Å². The third kappa shape index (κ3) is 4.21. The molecule has 0 radical (unpaired) electrons. The number of para-hydroxylation sites is 3. The minimum atomic E-state index is -5.20. The van der Waals surface area contributed by atoms with Crippen LogP contribution in [0.5, 0.6) is 0 Å². The molecule has 0 spiro atoms. The topological polar surface area (TPSA) is 113 Å². The minimum absolute atomic E-state index is 0.180. The van der Waals surface area contributed by atoms with Crippen molar-refractivity contribution in [1.29, 1.82) is 0 Å². The Hall–Kier alpha value is -4.02. The Balaban J connectivity index is 1.79. The summed E-state index contributed by atoms with van der Waals surface area (Å²) in [5.74, 6) is -2.18. The highest BCUT2D eigenvalue weighted by molar-refractivity contribution is 6.05. The maximum atomic E-state index is 13.4. The Labute approximate surface area is 186 Å². The van der Waals surface area contributed by atoms with Crippen LogP contribution in [0.4, 0.5) is 35.0 Å². The van der Waals surface area contributed by atoms with E-state index in [9.17, 15) is 22.8 Å². The lowest BCUT2D eigenvalue weighted by molar-refractivity contribution is -0.206. The number of fused-ring (bicyclic) bond motifs is 1. The number of nitrogens with two attached hydrogens (primary N) is 1. The highest BCUT2D eigenvalue weighted by atomic mass is 19.4. The van der Waals surface area contributed by atoms with Crippen LogP contribution >= 0.6 is 0 Å². The number of imidazole rings is 1. The molecule has 2 atom stereocenters. The highest BCUT2D eigenvalue weighted by Crippen LogP contribution is 2.49. The molecule has 0 aliphatic carbocycles. The number of ether oxygens (including phenoxy) is 1. The third-order valence-electron chi connectivity index (χ3n) is 5.26. The van der Waals surface area contributed by atoms with Gasteiger partial charge in [-0.25, -0.2) is 14.6 Å². The van der Waals surface area contributed by atoms with E-state index in [-0.39, 0.29) is 17.1 Å². The van der Waals surface area contributed by atoms with Gasteiger partial charge in [0.1, 0.15) is 11.9 Å². The van der Waals surface area contributed by atoms with Gasteiger partial charge >= 0.3 is 18.2 Å². The molecular formula is C22H20F3N5O3. The van der Waals surface area contributed by atoms with Gasteiger partial charge in [0.05, 0.1) is 17.1 Å². The molecule has 0 saturated carbocycles. The summed E-state index contributed by atoms with van der Waals surface area (Å²) in [6.07, 6.45) is -4.55. The van der Waals surface area contributed by atoms with Crippen molar-refractivity contribution in [3.63, 3.8) is 0 Å². The van der Waals surface area contributed by atoms with Gasteiger partial charge in [0.25, 0.3) is 0 Å². The van der Waals surface area contributed by atoms with E-state index in [1.54, 1.807) is 42.5 Å². The van der Waals surface area contributed by atoms with E-state index in [0.717, 1.165) is 0 Å². The van der Waals surface area contributed by atoms with Crippen molar-refractivity contribution in [1.82, 2.24) is 9.97 Å². The molecule has 1 aromatic heterocycles. The van der Waals surface area contributed by atoms with Gasteiger partial charge in [-0.05, 0) is 24.6 Å². The highest BCUT2D eigenvalue weighted by Gasteiger charge is 2.50. The number of aryl methyl sites for hydroxylation is 1. The number of carbonyl (C=O) groups is 2. The molecule has 1 aliphatic heterocycles. The summed E-state index contributed by atoms with van der Waals surface area (Å²) < 4.78 is 44.0. The van der Waals surface area contributed by atoms with E-state index in [4.69, 9.17) is 10.5 Å². The fraction of sp³-hybridized carbons (Fsp3) is 0.227. The van der Waals surface area contributed by atoms with Crippen molar-refractivity contribution in [3.8, 4) is 0 Å². The number of carbonyl (C=O) groups excluding carboxylic acids is 2. The second-order valence-corrected chi connectivity index (χ2v) is 7.36. The number of urea groups is 1. The summed E-state index contributed by atoms with van der Waals surface area (Å²) >= 11 is 0. The van der Waals surface area contributed by atoms with Crippen LogP contribution in [0.1, 0.15) is 36.2 Å². The molecule has 0 fully saturated rings. The first-order valence-corrected chi connectivity index (χ1v) is 10.1. The quantitative estimate of drug-likeness (QED) is 0.393. The van der Waals surface area contributed by atoms with Gasteiger partial charge in [0.15, 0.2) is 6.10 Å². The van der Waals surface area contributed by atoms with Crippen molar-refractivity contribution in [2.75, 3.05) is 16.0 Å². The smallest absolute Gasteiger partial charge is 0.448 e. The second kappa shape index (κ2) is 8.49. The average molecular weight is 459 g/mol. The molecule has 4 N–H and O–H groups in total. The maximum Gasteiger partial charge on any atom is 0.490 e. The molecule has 4 rings (SSSR count). The molecule has 33 heavy (non-hydrogen) atoms. The van der Waals surface area contributed by atoms with Crippen LogP contribution < -0.4 is 16.0 Å². The fourth-order valence-electron chi connectivity index (χ4n) is 3.71. The number of benzene rings is 2. The Bertz CT molecular complexity index is 1190. The Morgan fingerprint density at radius 2 is 1.88 bits per heavy atom. The molecule has 1 aliphatic rings. The number of aromatic nitrogens is 2. The van der Waals surface area contributed by atoms with E-state index < -0.39 is 30.3 Å². The number of nitrogens with zero attached hydrogens (tertiary/aromatic N) is 2. The number of halogens is 3. The van der Waals surface area contributed by atoms with Crippen molar-refractivity contribution in [3.05, 3.63) is 71.8 Å². The lowest BCUT2D eigenvalue weighted by Gasteiger charge is -2.27. The zero-order valence-electron chi connectivity index (χ0n) is 17.4. The zero-order valence-corrected chi connectivity index (χ0v) is 17.4. The predicted octanol–water partition coefficient (Wildman–Crippen LogP) is 4.49. The van der Waals surface area contributed by atoms with Crippen LogP contribution in [-0.2, 0) is 16.0 Å². The predicted molar refractivity (Wildman–Crippen MR) is 114 cm³/mol. The van der Waals surface area contributed by atoms with Crippen LogP contribution in [0.25, 0.3) is 0 Å². The third-order valence-corrected chi connectivity index (χ3v) is 5.26. The van der Waals surface area contributed by atoms with Crippen LogP contribution in [0, 0.1) is 0 Å². The first kappa shape index (κ1) is 22.2. The minimum Gasteiger partial charge on any atom is -0.448 e. The molecule has 2 heterocycles. The monoisotopic (exact) mass is 459 g/mol. The van der Waals surface area contributed by atoms with E-state index in [1.807, 2.05) is 6.92 Å². The molecule has 3 aromatic rings. The number of hydrogen-bond donors (Lipinski definition) is 3. The molecule has 8 nitrogen and oxygen atoms in total. The van der Waals surface area contributed by atoms with E-state index in [1.165, 1.54) is 17.2 Å². The molecule has 0 saturated heterocycles. The average Bonchev–Trinajstić information content (AvgIpc) is 3.37. The van der Waals surface area contributed by atoms with Gasteiger partial charge < -0.3 is 20.8 Å². The van der Waals surface area contributed by atoms with Crippen LogP contribution in [0.15, 0.2) is 54.7 Å². The molecule has 2 unspecified atom stereocenters. The molecule has 2 amide bonds. The standard InChI is InChI=1S/C22H20F3N5O3/c1-2-12-11-27-19(28-12)17-18(33-20(31)22(23,24)25)13-7-3-6-10-16(13)30(17)21(32)29-15-9-5-4-8-14(15)26/h3-11,17-18H,2,26H2,1H3,(H,27,28)(H,29,32).